The molecule has 5 heteroatoms. The molecule has 4 rings (SSSR count). The van der Waals surface area contributed by atoms with Crippen molar-refractivity contribution in [2.75, 3.05) is 26.2 Å². The molecule has 3 aromatic rings. The molecule has 0 aliphatic carbocycles. The maximum absolute atomic E-state index is 6.00. The maximum Gasteiger partial charge on any atom is 0.0994 e. The first-order valence-corrected chi connectivity index (χ1v) is 9.20. The number of pyridine rings is 1. The topological polar surface area (TPSA) is 23.8 Å². The molecule has 0 radical (unpaired) electrons. The summed E-state index contributed by atoms with van der Waals surface area (Å²) in [6.45, 7) is 7.60. The first kappa shape index (κ1) is 16.6. The quantitative estimate of drug-likeness (QED) is 0.710. The normalized spacial score (nSPS) is 17.8. The van der Waals surface area contributed by atoms with E-state index in [9.17, 15) is 0 Å². The Kier molecular flexibility index (Phi) is 4.75. The van der Waals surface area contributed by atoms with E-state index in [2.05, 4.69) is 56.4 Å². The van der Waals surface area contributed by atoms with Crippen LogP contribution in [-0.2, 0) is 6.54 Å². The van der Waals surface area contributed by atoms with E-state index in [0.29, 0.717) is 6.04 Å². The highest BCUT2D eigenvalue weighted by atomic mass is 35.5. The fourth-order valence-electron chi connectivity index (χ4n) is 3.63. The molecule has 0 N–H and O–H groups in total. The van der Waals surface area contributed by atoms with Crippen molar-refractivity contribution in [3.63, 3.8) is 0 Å². The third kappa shape index (κ3) is 3.56. The Bertz CT molecular complexity index is 834. The van der Waals surface area contributed by atoms with E-state index in [-0.39, 0.29) is 0 Å². The number of halogens is 1. The molecule has 1 fully saturated rings. The monoisotopic (exact) mass is 354 g/mol. The number of rotatable bonds is 4. The number of hydrogen-bond acceptors (Lipinski definition) is 3. The first-order valence-electron chi connectivity index (χ1n) is 8.82. The van der Waals surface area contributed by atoms with E-state index in [4.69, 9.17) is 11.6 Å². The van der Waals surface area contributed by atoms with Crippen molar-refractivity contribution < 1.29 is 0 Å². The van der Waals surface area contributed by atoms with Crippen molar-refractivity contribution in [3.05, 3.63) is 71.3 Å². The van der Waals surface area contributed by atoms with Gasteiger partial charge in [-0.1, -0.05) is 29.8 Å². The van der Waals surface area contributed by atoms with Crippen LogP contribution < -0.4 is 0 Å². The SMILES string of the molecule is CC(c1ccc(Cl)cc1)N1CCN(Cc2cccc3cncn23)CC1. The summed E-state index contributed by atoms with van der Waals surface area (Å²) in [5.41, 5.74) is 3.79. The summed E-state index contributed by atoms with van der Waals surface area (Å²) in [6.07, 6.45) is 3.82. The van der Waals surface area contributed by atoms with E-state index in [0.717, 1.165) is 43.3 Å². The van der Waals surface area contributed by atoms with Crippen LogP contribution in [0.15, 0.2) is 55.0 Å². The van der Waals surface area contributed by atoms with Crippen LogP contribution in [0, 0.1) is 0 Å². The molecule has 1 saturated heterocycles. The van der Waals surface area contributed by atoms with Gasteiger partial charge < -0.3 is 4.40 Å². The number of imidazole rings is 1. The third-order valence-electron chi connectivity index (χ3n) is 5.22. The molecule has 1 aliphatic heterocycles. The van der Waals surface area contributed by atoms with Crippen LogP contribution in [0.2, 0.25) is 5.02 Å². The van der Waals surface area contributed by atoms with Crippen LogP contribution in [0.5, 0.6) is 0 Å². The third-order valence-corrected chi connectivity index (χ3v) is 5.48. The highest BCUT2D eigenvalue weighted by Gasteiger charge is 2.22. The molecule has 3 heterocycles. The van der Waals surface area contributed by atoms with Crippen LogP contribution in [-0.4, -0.2) is 45.4 Å². The average molecular weight is 355 g/mol. The van der Waals surface area contributed by atoms with E-state index in [1.54, 1.807) is 0 Å². The van der Waals surface area contributed by atoms with Gasteiger partial charge in [-0.3, -0.25) is 9.80 Å². The summed E-state index contributed by atoms with van der Waals surface area (Å²) < 4.78 is 2.18. The average Bonchev–Trinajstić information content (AvgIpc) is 3.12. The molecule has 0 saturated carbocycles. The summed E-state index contributed by atoms with van der Waals surface area (Å²) in [5.74, 6) is 0. The van der Waals surface area contributed by atoms with Gasteiger partial charge in [0.25, 0.3) is 0 Å². The molecule has 0 bridgehead atoms. The molecule has 0 spiro atoms. The lowest BCUT2D eigenvalue weighted by Gasteiger charge is -2.38. The molecule has 2 aromatic heterocycles. The molecule has 0 amide bonds. The standard InChI is InChI=1S/C20H23ClN4/c1-16(17-5-7-18(21)8-6-17)24-11-9-23(10-12-24)14-20-4-2-3-19-13-22-15-25(19)20/h2-8,13,15-16H,9-12,14H2,1H3. The Balaban J connectivity index is 1.38. The summed E-state index contributed by atoms with van der Waals surface area (Å²) in [7, 11) is 0. The van der Waals surface area contributed by atoms with Crippen LogP contribution >= 0.6 is 11.6 Å². The Hall–Kier alpha value is -1.88. The predicted octanol–water partition coefficient (Wildman–Crippen LogP) is 3.87. The minimum Gasteiger partial charge on any atom is -0.302 e. The second kappa shape index (κ2) is 7.16. The summed E-state index contributed by atoms with van der Waals surface area (Å²) in [5, 5.41) is 0.800. The molecule has 1 unspecified atom stereocenters. The van der Waals surface area contributed by atoms with Gasteiger partial charge in [-0.15, -0.1) is 0 Å². The van der Waals surface area contributed by atoms with Gasteiger partial charge in [0.05, 0.1) is 18.0 Å². The summed E-state index contributed by atoms with van der Waals surface area (Å²) in [4.78, 5) is 9.34. The van der Waals surface area contributed by atoms with E-state index in [1.807, 2.05) is 24.7 Å². The number of hydrogen-bond donors (Lipinski definition) is 0. The zero-order valence-electron chi connectivity index (χ0n) is 14.5. The number of aromatic nitrogens is 2. The Morgan fingerprint density at radius 3 is 2.56 bits per heavy atom. The van der Waals surface area contributed by atoms with Crippen molar-refractivity contribution in [1.29, 1.82) is 0 Å². The Labute approximate surface area is 153 Å². The van der Waals surface area contributed by atoms with Gasteiger partial charge in [-0.2, -0.15) is 0 Å². The molecule has 1 aliphatic rings. The van der Waals surface area contributed by atoms with Gasteiger partial charge >= 0.3 is 0 Å². The van der Waals surface area contributed by atoms with E-state index >= 15 is 0 Å². The predicted molar refractivity (Wildman–Crippen MR) is 102 cm³/mol. The highest BCUT2D eigenvalue weighted by molar-refractivity contribution is 6.30. The van der Waals surface area contributed by atoms with E-state index in [1.165, 1.54) is 11.3 Å². The second-order valence-corrected chi connectivity index (χ2v) is 7.18. The van der Waals surface area contributed by atoms with E-state index < -0.39 is 0 Å². The zero-order valence-corrected chi connectivity index (χ0v) is 15.2. The summed E-state index contributed by atoms with van der Waals surface area (Å²) in [6, 6.07) is 15.1. The minimum absolute atomic E-state index is 0.427. The Morgan fingerprint density at radius 2 is 1.80 bits per heavy atom. The molecular weight excluding hydrogens is 332 g/mol. The minimum atomic E-state index is 0.427. The van der Waals surface area contributed by atoms with Gasteiger partial charge in [-0.25, -0.2) is 4.98 Å². The fourth-order valence-corrected chi connectivity index (χ4v) is 3.75. The van der Waals surface area contributed by atoms with Gasteiger partial charge in [0.15, 0.2) is 0 Å². The molecule has 130 valence electrons. The van der Waals surface area contributed by atoms with Crippen molar-refractivity contribution in [3.8, 4) is 0 Å². The summed E-state index contributed by atoms with van der Waals surface area (Å²) >= 11 is 6.00. The van der Waals surface area contributed by atoms with Crippen LogP contribution in [0.4, 0.5) is 0 Å². The lowest BCUT2D eigenvalue weighted by atomic mass is 10.1. The number of nitrogens with zero attached hydrogens (tertiary/aromatic N) is 4. The lowest BCUT2D eigenvalue weighted by molar-refractivity contribution is 0.0968. The van der Waals surface area contributed by atoms with Crippen molar-refractivity contribution >= 4 is 17.1 Å². The fraction of sp³-hybridized carbons (Fsp3) is 0.350. The number of piperazine rings is 1. The van der Waals surface area contributed by atoms with Crippen molar-refractivity contribution in [2.24, 2.45) is 0 Å². The van der Waals surface area contributed by atoms with Crippen LogP contribution in [0.3, 0.4) is 0 Å². The molecule has 25 heavy (non-hydrogen) atoms. The van der Waals surface area contributed by atoms with Crippen LogP contribution in [0.1, 0.15) is 24.2 Å². The van der Waals surface area contributed by atoms with Crippen LogP contribution in [0.25, 0.3) is 5.52 Å². The highest BCUT2D eigenvalue weighted by Crippen LogP contribution is 2.23. The smallest absolute Gasteiger partial charge is 0.0994 e. The number of fused-ring (bicyclic) bond motifs is 1. The number of benzene rings is 1. The molecule has 4 nitrogen and oxygen atoms in total. The lowest BCUT2D eigenvalue weighted by Crippen LogP contribution is -2.46. The second-order valence-electron chi connectivity index (χ2n) is 6.75. The van der Waals surface area contributed by atoms with Gasteiger partial charge in [0, 0.05) is 49.5 Å². The Morgan fingerprint density at radius 1 is 1.04 bits per heavy atom. The van der Waals surface area contributed by atoms with Crippen molar-refractivity contribution in [1.82, 2.24) is 19.2 Å². The van der Waals surface area contributed by atoms with Gasteiger partial charge in [-0.05, 0) is 36.8 Å². The molecule has 1 aromatic carbocycles. The molecule has 1 atom stereocenters. The van der Waals surface area contributed by atoms with Gasteiger partial charge in [0.1, 0.15) is 0 Å². The molecular formula is C20H23ClN4. The van der Waals surface area contributed by atoms with Crippen molar-refractivity contribution in [2.45, 2.75) is 19.5 Å². The zero-order chi connectivity index (χ0) is 17.2. The maximum atomic E-state index is 6.00. The largest absolute Gasteiger partial charge is 0.302 e. The van der Waals surface area contributed by atoms with Gasteiger partial charge in [0.2, 0.25) is 0 Å². The first-order chi connectivity index (χ1) is 12.2.